The second-order valence-corrected chi connectivity index (χ2v) is 6.80. The third-order valence-corrected chi connectivity index (χ3v) is 4.04. The highest BCUT2D eigenvalue weighted by Gasteiger charge is 2.26. The van der Waals surface area contributed by atoms with Crippen LogP contribution in [-0.2, 0) is 0 Å². The predicted molar refractivity (Wildman–Crippen MR) is 72.4 cm³/mol. The van der Waals surface area contributed by atoms with Crippen molar-refractivity contribution in [3.8, 4) is 0 Å². The summed E-state index contributed by atoms with van der Waals surface area (Å²) in [5.41, 5.74) is -0.854. The molecule has 0 aromatic heterocycles. The van der Waals surface area contributed by atoms with Crippen molar-refractivity contribution < 1.29 is 9.90 Å². The summed E-state index contributed by atoms with van der Waals surface area (Å²) in [6, 6.07) is 0.125. The molecule has 0 spiro atoms. The molecule has 0 aliphatic heterocycles. The molecule has 2 atom stereocenters. The van der Waals surface area contributed by atoms with Crippen LogP contribution >= 0.6 is 11.8 Å². The van der Waals surface area contributed by atoms with Gasteiger partial charge in [0.25, 0.3) is 0 Å². The molecule has 1 rings (SSSR count). The average molecular weight is 260 g/mol. The highest BCUT2D eigenvalue weighted by molar-refractivity contribution is 7.99. The minimum absolute atomic E-state index is 0.167. The third-order valence-electron chi connectivity index (χ3n) is 2.80. The van der Waals surface area contributed by atoms with E-state index < -0.39 is 5.60 Å². The first-order valence-electron chi connectivity index (χ1n) is 6.29. The van der Waals surface area contributed by atoms with Crippen LogP contribution in [0.25, 0.3) is 0 Å². The highest BCUT2D eigenvalue weighted by atomic mass is 32.2. The lowest BCUT2D eigenvalue weighted by atomic mass is 10.1. The van der Waals surface area contributed by atoms with Crippen molar-refractivity contribution in [2.75, 3.05) is 12.3 Å². The Labute approximate surface area is 108 Å². The fourth-order valence-corrected chi connectivity index (χ4v) is 3.13. The number of hydrogen-bond acceptors (Lipinski definition) is 3. The van der Waals surface area contributed by atoms with E-state index in [2.05, 4.69) is 17.6 Å². The molecule has 0 heterocycles. The number of nitrogens with one attached hydrogen (secondary N) is 2. The van der Waals surface area contributed by atoms with E-state index in [9.17, 15) is 9.90 Å². The molecular formula is C12H24N2O2S. The maximum atomic E-state index is 11.6. The number of rotatable bonds is 5. The molecule has 0 aromatic carbocycles. The number of thioether (sulfide) groups is 1. The van der Waals surface area contributed by atoms with Gasteiger partial charge in [0.2, 0.25) is 0 Å². The Kier molecular flexibility index (Phi) is 5.59. The van der Waals surface area contributed by atoms with Crippen LogP contribution in [0.1, 0.15) is 40.0 Å². The molecule has 1 saturated carbocycles. The molecule has 0 unspecified atom stereocenters. The summed E-state index contributed by atoms with van der Waals surface area (Å²) in [6.45, 7) is 5.80. The number of urea groups is 1. The van der Waals surface area contributed by atoms with Crippen LogP contribution < -0.4 is 10.6 Å². The Hall–Kier alpha value is -0.420. The van der Waals surface area contributed by atoms with Gasteiger partial charge in [-0.05, 0) is 38.9 Å². The molecule has 1 aliphatic rings. The van der Waals surface area contributed by atoms with E-state index in [1.807, 2.05) is 11.8 Å². The Morgan fingerprint density at radius 3 is 2.76 bits per heavy atom. The summed E-state index contributed by atoms with van der Waals surface area (Å²) in [6.07, 6.45) is 3.32. The highest BCUT2D eigenvalue weighted by Crippen LogP contribution is 2.29. The first kappa shape index (κ1) is 14.6. The van der Waals surface area contributed by atoms with Gasteiger partial charge in [0.15, 0.2) is 0 Å². The van der Waals surface area contributed by atoms with Crippen molar-refractivity contribution >= 4 is 17.8 Å². The Balaban J connectivity index is 2.19. The van der Waals surface area contributed by atoms with Gasteiger partial charge in [-0.1, -0.05) is 6.92 Å². The third kappa shape index (κ3) is 6.17. The minimum atomic E-state index is -0.854. The molecule has 0 aromatic rings. The lowest BCUT2D eigenvalue weighted by molar-refractivity contribution is 0.0817. The van der Waals surface area contributed by atoms with Crippen molar-refractivity contribution in [3.05, 3.63) is 0 Å². The lowest BCUT2D eigenvalue weighted by Crippen LogP contribution is -2.46. The molecule has 4 nitrogen and oxygen atoms in total. The van der Waals surface area contributed by atoms with Gasteiger partial charge in [0.05, 0.1) is 5.60 Å². The fourth-order valence-electron chi connectivity index (χ4n) is 1.99. The smallest absolute Gasteiger partial charge is 0.315 e. The molecule has 0 radical (unpaired) electrons. The van der Waals surface area contributed by atoms with Crippen molar-refractivity contribution in [2.24, 2.45) is 0 Å². The zero-order chi connectivity index (χ0) is 12.9. The van der Waals surface area contributed by atoms with Crippen LogP contribution in [-0.4, -0.2) is 40.3 Å². The van der Waals surface area contributed by atoms with Crippen LogP contribution in [0.4, 0.5) is 4.79 Å². The molecule has 17 heavy (non-hydrogen) atoms. The van der Waals surface area contributed by atoms with Crippen LogP contribution in [0.15, 0.2) is 0 Å². The molecular weight excluding hydrogens is 236 g/mol. The van der Waals surface area contributed by atoms with Gasteiger partial charge in [0, 0.05) is 17.8 Å². The zero-order valence-electron chi connectivity index (χ0n) is 11.0. The summed E-state index contributed by atoms with van der Waals surface area (Å²) < 4.78 is 0. The van der Waals surface area contributed by atoms with Gasteiger partial charge in [-0.2, -0.15) is 11.8 Å². The molecule has 100 valence electrons. The largest absolute Gasteiger partial charge is 0.389 e. The van der Waals surface area contributed by atoms with Crippen molar-refractivity contribution in [2.45, 2.75) is 56.9 Å². The van der Waals surface area contributed by atoms with Crippen molar-refractivity contribution in [1.82, 2.24) is 10.6 Å². The van der Waals surface area contributed by atoms with E-state index in [0.29, 0.717) is 11.3 Å². The SMILES string of the molecule is CCS[C@H]1CC[C@H](NC(=O)NCC(C)(C)O)C1. The molecule has 2 amide bonds. The first-order valence-corrected chi connectivity index (χ1v) is 7.34. The molecule has 3 N–H and O–H groups in total. The standard InChI is InChI=1S/C12H24N2O2S/c1-4-17-10-6-5-9(7-10)14-11(15)13-8-12(2,3)16/h9-10,16H,4-8H2,1-3H3,(H2,13,14,15)/t9-,10-/m0/s1. The number of aliphatic hydroxyl groups is 1. The average Bonchev–Trinajstić information content (AvgIpc) is 2.62. The van der Waals surface area contributed by atoms with E-state index in [1.165, 1.54) is 6.42 Å². The molecule has 0 saturated heterocycles. The van der Waals surface area contributed by atoms with Gasteiger partial charge in [0.1, 0.15) is 0 Å². The maximum Gasteiger partial charge on any atom is 0.315 e. The lowest BCUT2D eigenvalue weighted by Gasteiger charge is -2.19. The van der Waals surface area contributed by atoms with Crippen molar-refractivity contribution in [1.29, 1.82) is 0 Å². The second kappa shape index (κ2) is 6.50. The Morgan fingerprint density at radius 2 is 2.18 bits per heavy atom. The summed E-state index contributed by atoms with van der Waals surface area (Å²) in [5, 5.41) is 15.8. The number of carbonyl (C=O) groups excluding carboxylic acids is 1. The number of amides is 2. The second-order valence-electron chi connectivity index (χ2n) is 5.23. The maximum absolute atomic E-state index is 11.6. The van der Waals surface area contributed by atoms with Crippen LogP contribution in [0.2, 0.25) is 0 Å². The number of hydrogen-bond donors (Lipinski definition) is 3. The molecule has 1 fully saturated rings. The van der Waals surface area contributed by atoms with Gasteiger partial charge < -0.3 is 15.7 Å². The van der Waals surface area contributed by atoms with E-state index >= 15 is 0 Å². The van der Waals surface area contributed by atoms with Gasteiger partial charge >= 0.3 is 6.03 Å². The number of carbonyl (C=O) groups is 1. The van der Waals surface area contributed by atoms with E-state index in [1.54, 1.807) is 13.8 Å². The van der Waals surface area contributed by atoms with Gasteiger partial charge in [-0.3, -0.25) is 0 Å². The zero-order valence-corrected chi connectivity index (χ0v) is 11.8. The summed E-state index contributed by atoms with van der Waals surface area (Å²) >= 11 is 1.98. The van der Waals surface area contributed by atoms with Crippen LogP contribution in [0, 0.1) is 0 Å². The van der Waals surface area contributed by atoms with Crippen molar-refractivity contribution in [3.63, 3.8) is 0 Å². The Morgan fingerprint density at radius 1 is 1.47 bits per heavy atom. The quantitative estimate of drug-likeness (QED) is 0.705. The Bertz CT molecular complexity index is 253. The van der Waals surface area contributed by atoms with Gasteiger partial charge in [-0.25, -0.2) is 4.79 Å². The van der Waals surface area contributed by atoms with Crippen LogP contribution in [0.5, 0.6) is 0 Å². The van der Waals surface area contributed by atoms with Gasteiger partial charge in [-0.15, -0.1) is 0 Å². The van der Waals surface area contributed by atoms with Crippen LogP contribution in [0.3, 0.4) is 0 Å². The minimum Gasteiger partial charge on any atom is -0.389 e. The molecule has 0 bridgehead atoms. The predicted octanol–water partition coefficient (Wildman–Crippen LogP) is 1.73. The molecule has 5 heteroatoms. The normalized spacial score (nSPS) is 24.7. The van der Waals surface area contributed by atoms with E-state index in [-0.39, 0.29) is 12.6 Å². The van der Waals surface area contributed by atoms with E-state index in [4.69, 9.17) is 0 Å². The molecule has 1 aliphatic carbocycles. The first-order chi connectivity index (χ1) is 7.90. The summed E-state index contributed by atoms with van der Waals surface area (Å²) in [7, 11) is 0. The fraction of sp³-hybridized carbons (Fsp3) is 0.917. The van der Waals surface area contributed by atoms with E-state index in [0.717, 1.165) is 18.6 Å². The monoisotopic (exact) mass is 260 g/mol. The topological polar surface area (TPSA) is 61.4 Å². The summed E-state index contributed by atoms with van der Waals surface area (Å²) in [4.78, 5) is 11.6. The summed E-state index contributed by atoms with van der Waals surface area (Å²) in [5.74, 6) is 1.14.